The van der Waals surface area contributed by atoms with Crippen LogP contribution in [0.4, 0.5) is 39.5 Å². The van der Waals surface area contributed by atoms with Gasteiger partial charge in [0.05, 0.1) is 0 Å². The van der Waals surface area contributed by atoms with E-state index in [1.54, 1.807) is 0 Å². The molecule has 2 aliphatic rings. The fraction of sp³-hybridized carbons (Fsp3) is 0.636. The van der Waals surface area contributed by atoms with Crippen LogP contribution in [0, 0.1) is 5.92 Å². The smallest absolute Gasteiger partial charge is 0.475 e. The molecule has 0 bridgehead atoms. The summed E-state index contributed by atoms with van der Waals surface area (Å²) < 4.78 is 95.2. The lowest BCUT2D eigenvalue weighted by molar-refractivity contribution is -0.193. The van der Waals surface area contributed by atoms with E-state index in [9.17, 15) is 39.5 Å². The molecule has 2 fully saturated rings. The van der Waals surface area contributed by atoms with Gasteiger partial charge in [0.15, 0.2) is 0 Å². The highest BCUT2D eigenvalue weighted by Gasteiger charge is 2.40. The first kappa shape index (κ1) is 36.8. The first-order valence-corrected chi connectivity index (χ1v) is 11.3. The van der Waals surface area contributed by atoms with Crippen LogP contribution in [0.1, 0.15) is 24.8 Å². The van der Waals surface area contributed by atoms with Crippen LogP contribution in [0.3, 0.4) is 0 Å². The second-order valence-corrected chi connectivity index (χ2v) is 8.79. The Morgan fingerprint density at radius 2 is 1.20 bits per heavy atom. The van der Waals surface area contributed by atoms with Crippen molar-refractivity contribution in [1.29, 1.82) is 0 Å². The highest BCUT2D eigenvalue weighted by atomic mass is 19.4. The van der Waals surface area contributed by atoms with Crippen LogP contribution in [0.5, 0.6) is 0 Å². The molecule has 1 aromatic heterocycles. The molecule has 1 aliphatic heterocycles. The highest BCUT2D eigenvalue weighted by Crippen LogP contribution is 2.34. The van der Waals surface area contributed by atoms with Gasteiger partial charge in [0, 0.05) is 37.6 Å². The maximum Gasteiger partial charge on any atom is 0.490 e. The fourth-order valence-corrected chi connectivity index (χ4v) is 3.39. The van der Waals surface area contributed by atoms with Gasteiger partial charge in [0.2, 0.25) is 0 Å². The molecule has 1 aliphatic carbocycles. The monoisotopic (exact) mass is 601 g/mol. The van der Waals surface area contributed by atoms with E-state index in [2.05, 4.69) is 41.0 Å². The van der Waals surface area contributed by atoms with Crippen LogP contribution < -0.4 is 0 Å². The van der Waals surface area contributed by atoms with Crippen molar-refractivity contribution in [3.05, 3.63) is 30.1 Å². The second-order valence-electron chi connectivity index (χ2n) is 8.79. The molecule has 18 heteroatoms. The van der Waals surface area contributed by atoms with Crippen LogP contribution in [0.2, 0.25) is 0 Å². The van der Waals surface area contributed by atoms with Gasteiger partial charge in [-0.25, -0.2) is 14.4 Å². The van der Waals surface area contributed by atoms with Crippen LogP contribution in [-0.4, -0.2) is 106 Å². The van der Waals surface area contributed by atoms with E-state index in [1.165, 1.54) is 37.9 Å². The van der Waals surface area contributed by atoms with Crippen LogP contribution in [0.15, 0.2) is 24.5 Å². The zero-order chi connectivity index (χ0) is 31.5. The second kappa shape index (κ2) is 15.6. The third-order valence-electron chi connectivity index (χ3n) is 5.40. The summed E-state index contributed by atoms with van der Waals surface area (Å²) in [5.74, 6) is -7.28. The number of rotatable bonds is 5. The number of carbonyl (C=O) groups is 3. The molecule has 9 nitrogen and oxygen atoms in total. The minimum absolute atomic E-state index is 0.679. The van der Waals surface area contributed by atoms with E-state index in [4.69, 9.17) is 29.7 Å². The molecule has 3 N–H and O–H groups in total. The maximum atomic E-state index is 10.6. The minimum atomic E-state index is -5.08. The molecular weight excluding hydrogens is 573 g/mol. The van der Waals surface area contributed by atoms with Crippen molar-refractivity contribution in [1.82, 2.24) is 14.8 Å². The van der Waals surface area contributed by atoms with Gasteiger partial charge in [-0.15, -0.1) is 0 Å². The number of alkyl halides is 9. The van der Waals surface area contributed by atoms with Crippen molar-refractivity contribution in [2.45, 2.75) is 56.3 Å². The Kier molecular flexibility index (Phi) is 14.4. The fourth-order valence-electron chi connectivity index (χ4n) is 3.39. The van der Waals surface area contributed by atoms with Crippen LogP contribution in [-0.2, 0) is 20.8 Å². The quantitative estimate of drug-likeness (QED) is 0.430. The Bertz CT molecular complexity index is 880. The molecule has 0 aromatic carbocycles. The van der Waals surface area contributed by atoms with E-state index < -0.39 is 36.4 Å². The number of aliphatic carboxylic acids is 3. The summed E-state index contributed by atoms with van der Waals surface area (Å²) in [4.78, 5) is 36.0. The molecular formula is C22H28F9N3O6. The predicted octanol–water partition coefficient (Wildman–Crippen LogP) is 3.94. The molecule has 0 unspecified atom stereocenters. The molecule has 3 rings (SSSR count). The van der Waals surface area contributed by atoms with Gasteiger partial charge in [-0.3, -0.25) is 9.88 Å². The largest absolute Gasteiger partial charge is 0.490 e. The average Bonchev–Trinajstić information content (AvgIpc) is 3.53. The maximum absolute atomic E-state index is 10.6. The van der Waals surface area contributed by atoms with E-state index in [0.29, 0.717) is 12.1 Å². The number of pyridine rings is 1. The molecule has 2 heterocycles. The van der Waals surface area contributed by atoms with Crippen LogP contribution >= 0.6 is 0 Å². The lowest BCUT2D eigenvalue weighted by atomic mass is 10.00. The van der Waals surface area contributed by atoms with Gasteiger partial charge in [0.1, 0.15) is 0 Å². The molecule has 1 aromatic rings. The van der Waals surface area contributed by atoms with Crippen molar-refractivity contribution in [3.8, 4) is 0 Å². The Labute approximate surface area is 222 Å². The van der Waals surface area contributed by atoms with Gasteiger partial charge in [-0.05, 0) is 63.4 Å². The van der Waals surface area contributed by atoms with Crippen molar-refractivity contribution >= 4 is 17.9 Å². The first-order chi connectivity index (χ1) is 18.1. The van der Waals surface area contributed by atoms with Gasteiger partial charge < -0.3 is 20.2 Å². The topological polar surface area (TPSA) is 131 Å². The molecule has 230 valence electrons. The number of carboxylic acid groups (broad SMARTS) is 3. The molecule has 1 saturated carbocycles. The number of hydrogen-bond acceptors (Lipinski definition) is 6. The van der Waals surface area contributed by atoms with E-state index in [-0.39, 0.29) is 0 Å². The third-order valence-corrected chi connectivity index (χ3v) is 5.40. The number of nitrogens with zero attached hydrogens (tertiary/aromatic N) is 3. The number of halogens is 9. The summed E-state index contributed by atoms with van der Waals surface area (Å²) in [7, 11) is 4.45. The lowest BCUT2D eigenvalue weighted by Crippen LogP contribution is -2.44. The van der Waals surface area contributed by atoms with Crippen molar-refractivity contribution in [2.75, 3.05) is 27.2 Å². The summed E-state index contributed by atoms with van der Waals surface area (Å²) in [5, 5.41) is 21.4. The summed E-state index contributed by atoms with van der Waals surface area (Å²) in [6.07, 6.45) is -6.04. The number of hydrogen-bond donors (Lipinski definition) is 3. The molecule has 1 saturated heterocycles. The van der Waals surface area contributed by atoms with Gasteiger partial charge in [-0.2, -0.15) is 39.5 Å². The van der Waals surface area contributed by atoms with Crippen LogP contribution in [0.25, 0.3) is 0 Å². The van der Waals surface area contributed by atoms with Gasteiger partial charge in [-0.1, -0.05) is 0 Å². The average molecular weight is 601 g/mol. The van der Waals surface area contributed by atoms with Gasteiger partial charge in [0.25, 0.3) is 0 Å². The lowest BCUT2D eigenvalue weighted by Gasteiger charge is -2.31. The third kappa shape index (κ3) is 15.4. The molecule has 2 atom stereocenters. The molecule has 40 heavy (non-hydrogen) atoms. The van der Waals surface area contributed by atoms with Crippen molar-refractivity contribution in [3.63, 3.8) is 0 Å². The highest BCUT2D eigenvalue weighted by molar-refractivity contribution is 5.73. The summed E-state index contributed by atoms with van der Waals surface area (Å²) >= 11 is 0. The standard InChI is InChI=1S/C16H25N3.3C2HF3O2/c1-18(2)15-7-10-19(12-14-3-4-14)16(15)11-13-5-8-17-9-6-13;3*3-2(4,5)1(6)7/h5-6,8-9,14-16H,3-4,7,10-12H2,1-2H3;3*(H,6,7)/t15-,16+;;;/m1.../s1. The van der Waals surface area contributed by atoms with E-state index in [1.807, 2.05) is 12.4 Å². The first-order valence-electron chi connectivity index (χ1n) is 11.3. The summed E-state index contributed by atoms with van der Waals surface area (Å²) in [5.41, 5.74) is 1.43. The normalized spacial score (nSPS) is 19.3. The molecule has 0 spiro atoms. The zero-order valence-electron chi connectivity index (χ0n) is 21.1. The number of likely N-dealkylation sites (tertiary alicyclic amines) is 1. The zero-order valence-corrected chi connectivity index (χ0v) is 21.1. The van der Waals surface area contributed by atoms with E-state index >= 15 is 0 Å². The van der Waals surface area contributed by atoms with E-state index in [0.717, 1.165) is 12.3 Å². The molecule has 0 amide bonds. The Morgan fingerprint density at radius 3 is 1.50 bits per heavy atom. The van der Waals surface area contributed by atoms with Crippen molar-refractivity contribution < 1.29 is 69.2 Å². The number of aromatic nitrogens is 1. The minimum Gasteiger partial charge on any atom is -0.475 e. The number of carboxylic acids is 3. The number of likely N-dealkylation sites (N-methyl/N-ethyl adjacent to an activating group) is 1. The van der Waals surface area contributed by atoms with Gasteiger partial charge >= 0.3 is 36.4 Å². The Balaban J connectivity index is 0.000000603. The Hall–Kier alpha value is -3.15. The SMILES string of the molecule is CN(C)[C@@H]1CCN(CC2CC2)[C@H]1Cc1ccncc1.O=C(O)C(F)(F)F.O=C(O)C(F)(F)F.O=C(O)C(F)(F)F. The predicted molar refractivity (Wildman–Crippen MR) is 119 cm³/mol. The summed E-state index contributed by atoms with van der Waals surface area (Å²) in [6.45, 7) is 2.59. The molecule has 0 radical (unpaired) electrons. The summed E-state index contributed by atoms with van der Waals surface area (Å²) in [6, 6.07) is 5.71. The Morgan fingerprint density at radius 1 is 0.825 bits per heavy atom. The van der Waals surface area contributed by atoms with Crippen molar-refractivity contribution in [2.24, 2.45) is 5.92 Å².